The van der Waals surface area contributed by atoms with Crippen LogP contribution in [0.25, 0.3) is 6.08 Å². The monoisotopic (exact) mass is 399 g/mol. The Morgan fingerprint density at radius 3 is 2.55 bits per heavy atom. The van der Waals surface area contributed by atoms with Gasteiger partial charge in [0.2, 0.25) is 0 Å². The fraction of sp³-hybridized carbons (Fsp3) is 0.391. The van der Waals surface area contributed by atoms with Gasteiger partial charge in [-0.3, -0.25) is 4.79 Å². The molecule has 6 heteroatoms. The van der Waals surface area contributed by atoms with Crippen molar-refractivity contribution in [1.29, 1.82) is 0 Å². The van der Waals surface area contributed by atoms with Crippen LogP contribution in [-0.4, -0.2) is 37.1 Å². The van der Waals surface area contributed by atoms with Gasteiger partial charge in [0.25, 0.3) is 0 Å². The number of hydrogen-bond acceptors (Lipinski definition) is 5. The summed E-state index contributed by atoms with van der Waals surface area (Å²) in [4.78, 5) is 27.8. The first-order valence-electron chi connectivity index (χ1n) is 9.82. The minimum absolute atomic E-state index is 0.184. The van der Waals surface area contributed by atoms with Crippen LogP contribution in [0.1, 0.15) is 64.4 Å². The van der Waals surface area contributed by atoms with Gasteiger partial charge >= 0.3 is 5.97 Å². The molecule has 0 spiro atoms. The molecule has 1 N–H and O–H groups in total. The Hall–Kier alpha value is -3.02. The molecule has 2 aromatic rings. The number of carbonyl (C=O) groups is 2. The van der Waals surface area contributed by atoms with E-state index in [0.717, 1.165) is 18.4 Å². The van der Waals surface area contributed by atoms with Gasteiger partial charge in [0.1, 0.15) is 5.69 Å². The third kappa shape index (κ3) is 5.50. The lowest BCUT2D eigenvalue weighted by molar-refractivity contribution is 0.0519. The van der Waals surface area contributed by atoms with E-state index in [9.17, 15) is 9.59 Å². The minimum atomic E-state index is -0.458. The highest BCUT2D eigenvalue weighted by Crippen LogP contribution is 2.29. The normalized spacial score (nSPS) is 10.9. The Kier molecular flexibility index (Phi) is 8.07. The van der Waals surface area contributed by atoms with Crippen LogP contribution in [-0.2, 0) is 4.74 Å². The topological polar surface area (TPSA) is 77.6 Å². The first-order valence-corrected chi connectivity index (χ1v) is 9.82. The molecule has 0 amide bonds. The van der Waals surface area contributed by atoms with Crippen molar-refractivity contribution < 1.29 is 23.8 Å². The van der Waals surface area contributed by atoms with Crippen molar-refractivity contribution in [2.45, 2.75) is 40.5 Å². The van der Waals surface area contributed by atoms with Crippen LogP contribution in [0.4, 0.5) is 0 Å². The second kappa shape index (κ2) is 10.5. The van der Waals surface area contributed by atoms with E-state index in [-0.39, 0.29) is 12.4 Å². The van der Waals surface area contributed by atoms with E-state index < -0.39 is 5.97 Å². The summed E-state index contributed by atoms with van der Waals surface area (Å²) in [7, 11) is 1.60. The molecule has 0 atom stereocenters. The van der Waals surface area contributed by atoms with Crippen LogP contribution < -0.4 is 9.47 Å². The zero-order chi connectivity index (χ0) is 21.4. The van der Waals surface area contributed by atoms with Crippen LogP contribution in [0.3, 0.4) is 0 Å². The second-order valence-electron chi connectivity index (χ2n) is 6.66. The molecule has 0 aliphatic heterocycles. The van der Waals surface area contributed by atoms with E-state index in [4.69, 9.17) is 14.2 Å². The number of ketones is 1. The van der Waals surface area contributed by atoms with Gasteiger partial charge in [-0.25, -0.2) is 4.79 Å². The maximum absolute atomic E-state index is 12.8. The number of H-pyrrole nitrogens is 1. The Balaban J connectivity index is 2.22. The quantitative estimate of drug-likeness (QED) is 0.266. The first kappa shape index (κ1) is 22.3. The minimum Gasteiger partial charge on any atom is -0.493 e. The van der Waals surface area contributed by atoms with Gasteiger partial charge < -0.3 is 19.2 Å². The van der Waals surface area contributed by atoms with Gasteiger partial charge in [-0.05, 0) is 56.5 Å². The molecule has 2 rings (SSSR count). The lowest BCUT2D eigenvalue weighted by atomic mass is 10.0. The van der Waals surface area contributed by atoms with Gasteiger partial charge in [0.15, 0.2) is 17.3 Å². The number of aromatic amines is 1. The molecule has 29 heavy (non-hydrogen) atoms. The summed E-state index contributed by atoms with van der Waals surface area (Å²) in [5.41, 5.74) is 2.85. The van der Waals surface area contributed by atoms with Crippen LogP contribution in [0.2, 0.25) is 0 Å². The Morgan fingerprint density at radius 1 is 1.14 bits per heavy atom. The molecule has 1 aromatic heterocycles. The first-order chi connectivity index (χ1) is 13.9. The molecule has 6 nitrogen and oxygen atoms in total. The maximum Gasteiger partial charge on any atom is 0.355 e. The Bertz CT molecular complexity index is 895. The highest BCUT2D eigenvalue weighted by molar-refractivity contribution is 6.10. The number of carbonyl (C=O) groups excluding carboxylic acids is 2. The molecule has 0 saturated heterocycles. The molecule has 156 valence electrons. The van der Waals surface area contributed by atoms with E-state index in [1.54, 1.807) is 34.0 Å². The van der Waals surface area contributed by atoms with E-state index in [1.165, 1.54) is 6.08 Å². The smallest absolute Gasteiger partial charge is 0.355 e. The summed E-state index contributed by atoms with van der Waals surface area (Å²) in [6.45, 7) is 8.24. The summed E-state index contributed by atoms with van der Waals surface area (Å²) >= 11 is 0. The van der Waals surface area contributed by atoms with Crippen LogP contribution in [0, 0.1) is 13.8 Å². The third-order valence-corrected chi connectivity index (χ3v) is 4.53. The van der Waals surface area contributed by atoms with Crippen LogP contribution in [0.15, 0.2) is 24.3 Å². The lowest BCUT2D eigenvalue weighted by Crippen LogP contribution is -2.07. The summed E-state index contributed by atoms with van der Waals surface area (Å²) in [5, 5.41) is 0. The number of rotatable bonds is 10. The lowest BCUT2D eigenvalue weighted by Gasteiger charge is -2.11. The fourth-order valence-corrected chi connectivity index (χ4v) is 3.02. The van der Waals surface area contributed by atoms with Crippen molar-refractivity contribution in [3.63, 3.8) is 0 Å². The molecule has 0 radical (unpaired) electrons. The van der Waals surface area contributed by atoms with E-state index in [1.807, 2.05) is 18.2 Å². The third-order valence-electron chi connectivity index (χ3n) is 4.53. The Labute approximate surface area is 171 Å². The number of ether oxygens (including phenoxy) is 3. The zero-order valence-corrected chi connectivity index (χ0v) is 17.8. The van der Waals surface area contributed by atoms with Crippen molar-refractivity contribution in [2.75, 3.05) is 20.3 Å². The van der Waals surface area contributed by atoms with Gasteiger partial charge in [-0.1, -0.05) is 25.5 Å². The average Bonchev–Trinajstić information content (AvgIpc) is 3.01. The SMILES string of the molecule is CCCCOc1cc(/C=C/C(=O)c2c(C)[nH]c(C(=O)OCC)c2C)ccc1OC. The number of allylic oxidation sites excluding steroid dienone is 1. The summed E-state index contributed by atoms with van der Waals surface area (Å²) in [6.07, 6.45) is 5.22. The number of aromatic nitrogens is 1. The van der Waals surface area contributed by atoms with E-state index >= 15 is 0 Å². The molecule has 0 bridgehead atoms. The number of benzene rings is 1. The fourth-order valence-electron chi connectivity index (χ4n) is 3.02. The molecular formula is C23H29NO5. The van der Waals surface area contributed by atoms with Crippen LogP contribution >= 0.6 is 0 Å². The van der Waals surface area contributed by atoms with Gasteiger partial charge in [0.05, 0.1) is 20.3 Å². The predicted molar refractivity (Wildman–Crippen MR) is 113 cm³/mol. The van der Waals surface area contributed by atoms with Crippen molar-refractivity contribution >= 4 is 17.8 Å². The highest BCUT2D eigenvalue weighted by Gasteiger charge is 2.21. The highest BCUT2D eigenvalue weighted by atomic mass is 16.5. The van der Waals surface area contributed by atoms with Crippen molar-refractivity contribution in [3.8, 4) is 11.5 Å². The molecule has 1 aromatic carbocycles. The maximum atomic E-state index is 12.8. The molecule has 0 aliphatic rings. The number of esters is 1. The summed E-state index contributed by atoms with van der Waals surface area (Å²) < 4.78 is 16.2. The van der Waals surface area contributed by atoms with Crippen molar-refractivity contribution in [1.82, 2.24) is 4.98 Å². The summed E-state index contributed by atoms with van der Waals surface area (Å²) in [5.74, 6) is 0.659. The molecule has 1 heterocycles. The Morgan fingerprint density at radius 2 is 1.90 bits per heavy atom. The number of methoxy groups -OCH3 is 1. The molecular weight excluding hydrogens is 370 g/mol. The average molecular weight is 399 g/mol. The standard InChI is InChI=1S/C23H29NO5/c1-6-8-13-29-20-14-17(10-12-19(20)27-5)9-11-18(25)21-15(3)22(24-16(21)4)23(26)28-7-2/h9-12,14,24H,6-8,13H2,1-5H3/b11-9+. The van der Waals surface area contributed by atoms with E-state index in [0.29, 0.717) is 40.6 Å². The molecule has 0 fully saturated rings. The van der Waals surface area contributed by atoms with Gasteiger partial charge in [0, 0.05) is 11.3 Å². The second-order valence-corrected chi connectivity index (χ2v) is 6.66. The molecule has 0 saturated carbocycles. The van der Waals surface area contributed by atoms with E-state index in [2.05, 4.69) is 11.9 Å². The number of aryl methyl sites for hydroxylation is 1. The summed E-state index contributed by atoms with van der Waals surface area (Å²) in [6, 6.07) is 5.52. The number of hydrogen-bond donors (Lipinski definition) is 1. The van der Waals surface area contributed by atoms with Gasteiger partial charge in [-0.2, -0.15) is 0 Å². The van der Waals surface area contributed by atoms with Gasteiger partial charge in [-0.15, -0.1) is 0 Å². The number of nitrogens with one attached hydrogen (secondary N) is 1. The van der Waals surface area contributed by atoms with Crippen molar-refractivity contribution in [2.24, 2.45) is 0 Å². The zero-order valence-electron chi connectivity index (χ0n) is 17.8. The number of unbranched alkanes of at least 4 members (excludes halogenated alkanes) is 1. The predicted octanol–water partition coefficient (Wildman–Crippen LogP) is 4.89. The van der Waals surface area contributed by atoms with Crippen LogP contribution in [0.5, 0.6) is 11.5 Å². The molecule has 0 unspecified atom stereocenters. The molecule has 0 aliphatic carbocycles. The van der Waals surface area contributed by atoms with Crippen molar-refractivity contribution in [3.05, 3.63) is 52.4 Å². The largest absolute Gasteiger partial charge is 0.493 e.